The molecule has 1 aliphatic rings. The lowest BCUT2D eigenvalue weighted by Gasteiger charge is -2.29. The third-order valence-electron chi connectivity index (χ3n) is 3.63. The van der Waals surface area contributed by atoms with Crippen LogP contribution in [0.4, 0.5) is 0 Å². The lowest BCUT2D eigenvalue weighted by molar-refractivity contribution is 0.258. The summed E-state index contributed by atoms with van der Waals surface area (Å²) in [5.74, 6) is 6.51. The van der Waals surface area contributed by atoms with Gasteiger partial charge in [0.15, 0.2) is 0 Å². The van der Waals surface area contributed by atoms with Gasteiger partial charge in [0.25, 0.3) is 0 Å². The van der Waals surface area contributed by atoms with E-state index in [4.69, 9.17) is 5.84 Å². The van der Waals surface area contributed by atoms with Crippen LogP contribution in [-0.4, -0.2) is 15.8 Å². The van der Waals surface area contributed by atoms with Crippen molar-refractivity contribution in [2.45, 2.75) is 45.1 Å². The van der Waals surface area contributed by atoms with Crippen molar-refractivity contribution in [2.24, 2.45) is 18.8 Å². The van der Waals surface area contributed by atoms with E-state index in [1.807, 2.05) is 18.7 Å². The first-order chi connectivity index (χ1) is 7.69. The largest absolute Gasteiger partial charge is 0.272 e. The average molecular weight is 222 g/mol. The van der Waals surface area contributed by atoms with Crippen molar-refractivity contribution in [2.75, 3.05) is 0 Å². The molecule has 1 aromatic heterocycles. The smallest absolute Gasteiger partial charge is 0.0596 e. The second-order valence-electron chi connectivity index (χ2n) is 5.00. The maximum Gasteiger partial charge on any atom is 0.0596 e. The second kappa shape index (κ2) is 4.97. The van der Waals surface area contributed by atoms with Crippen LogP contribution in [0, 0.1) is 12.8 Å². The Bertz CT molecular complexity index is 341. The molecule has 1 aromatic rings. The van der Waals surface area contributed by atoms with Crippen molar-refractivity contribution in [3.8, 4) is 0 Å². The van der Waals surface area contributed by atoms with Gasteiger partial charge in [-0.2, -0.15) is 5.10 Å². The quantitative estimate of drug-likeness (QED) is 0.583. The molecule has 3 N–H and O–H groups in total. The standard InChI is InChI=1S/C12H22N4/c1-9-6-12(16(2)15-9)8-11(14-13)7-10-4-3-5-10/h6,10-11,14H,3-5,7-8,13H2,1-2H3. The minimum atomic E-state index is 0.389. The summed E-state index contributed by atoms with van der Waals surface area (Å²) < 4.78 is 1.96. The Morgan fingerprint density at radius 3 is 2.81 bits per heavy atom. The highest BCUT2D eigenvalue weighted by molar-refractivity contribution is 5.10. The molecule has 0 saturated heterocycles. The SMILES string of the molecule is Cc1cc(CC(CC2CCC2)NN)n(C)n1. The Morgan fingerprint density at radius 1 is 1.62 bits per heavy atom. The molecule has 0 aliphatic heterocycles. The molecule has 90 valence electrons. The number of hydrogen-bond donors (Lipinski definition) is 2. The van der Waals surface area contributed by atoms with E-state index in [-0.39, 0.29) is 0 Å². The van der Waals surface area contributed by atoms with Crippen molar-refractivity contribution in [3.63, 3.8) is 0 Å². The summed E-state index contributed by atoms with van der Waals surface area (Å²) in [4.78, 5) is 0. The van der Waals surface area contributed by atoms with Gasteiger partial charge in [0, 0.05) is 25.2 Å². The van der Waals surface area contributed by atoms with Gasteiger partial charge in [-0.1, -0.05) is 19.3 Å². The van der Waals surface area contributed by atoms with Crippen molar-refractivity contribution in [1.82, 2.24) is 15.2 Å². The fourth-order valence-electron chi connectivity index (χ4n) is 2.45. The van der Waals surface area contributed by atoms with Crippen LogP contribution in [0.15, 0.2) is 6.07 Å². The molecule has 1 saturated carbocycles. The number of nitrogens with one attached hydrogen (secondary N) is 1. The molecule has 4 heteroatoms. The van der Waals surface area contributed by atoms with Gasteiger partial charge in [-0.3, -0.25) is 16.0 Å². The summed E-state index contributed by atoms with van der Waals surface area (Å²) in [7, 11) is 2.00. The molecule has 0 aromatic carbocycles. The highest BCUT2D eigenvalue weighted by atomic mass is 15.3. The minimum Gasteiger partial charge on any atom is -0.272 e. The first kappa shape index (κ1) is 11.6. The molecule has 1 aliphatic carbocycles. The Labute approximate surface area is 97.2 Å². The maximum atomic E-state index is 5.62. The van der Waals surface area contributed by atoms with Gasteiger partial charge in [-0.25, -0.2) is 0 Å². The number of hydrazine groups is 1. The summed E-state index contributed by atoms with van der Waals surface area (Å²) in [6.07, 6.45) is 6.32. The zero-order chi connectivity index (χ0) is 11.5. The van der Waals surface area contributed by atoms with Gasteiger partial charge in [0.2, 0.25) is 0 Å². The monoisotopic (exact) mass is 222 g/mol. The second-order valence-corrected chi connectivity index (χ2v) is 5.00. The maximum absolute atomic E-state index is 5.62. The van der Waals surface area contributed by atoms with E-state index in [2.05, 4.69) is 16.6 Å². The van der Waals surface area contributed by atoms with E-state index in [1.54, 1.807) is 0 Å². The molecule has 1 unspecified atom stereocenters. The number of aromatic nitrogens is 2. The molecule has 1 heterocycles. The van der Waals surface area contributed by atoms with Crippen LogP contribution in [0.3, 0.4) is 0 Å². The molecule has 0 spiro atoms. The molecule has 0 bridgehead atoms. The fraction of sp³-hybridized carbons (Fsp3) is 0.750. The number of nitrogens with zero attached hydrogens (tertiary/aromatic N) is 2. The first-order valence-corrected chi connectivity index (χ1v) is 6.14. The molecule has 4 nitrogen and oxygen atoms in total. The Morgan fingerprint density at radius 2 is 2.38 bits per heavy atom. The van der Waals surface area contributed by atoms with Gasteiger partial charge in [0.1, 0.15) is 0 Å². The molecular weight excluding hydrogens is 200 g/mol. The Balaban J connectivity index is 1.92. The van der Waals surface area contributed by atoms with Gasteiger partial charge < -0.3 is 0 Å². The topological polar surface area (TPSA) is 55.9 Å². The zero-order valence-electron chi connectivity index (χ0n) is 10.2. The van der Waals surface area contributed by atoms with Crippen LogP contribution < -0.4 is 11.3 Å². The summed E-state index contributed by atoms with van der Waals surface area (Å²) in [6, 6.07) is 2.53. The summed E-state index contributed by atoms with van der Waals surface area (Å²) in [6.45, 7) is 2.03. The highest BCUT2D eigenvalue weighted by Crippen LogP contribution is 2.30. The molecule has 0 radical (unpaired) electrons. The van der Waals surface area contributed by atoms with E-state index < -0.39 is 0 Å². The van der Waals surface area contributed by atoms with Gasteiger partial charge in [0.05, 0.1) is 5.69 Å². The minimum absolute atomic E-state index is 0.389. The van der Waals surface area contributed by atoms with Crippen LogP contribution in [0.1, 0.15) is 37.1 Å². The van der Waals surface area contributed by atoms with Gasteiger partial charge in [-0.15, -0.1) is 0 Å². The number of aryl methyl sites for hydroxylation is 2. The van der Waals surface area contributed by atoms with Crippen LogP contribution in [0.5, 0.6) is 0 Å². The molecule has 16 heavy (non-hydrogen) atoms. The van der Waals surface area contributed by atoms with Crippen LogP contribution in [0.2, 0.25) is 0 Å². The number of rotatable bonds is 5. The van der Waals surface area contributed by atoms with E-state index in [0.717, 1.165) is 18.0 Å². The van der Waals surface area contributed by atoms with E-state index in [1.165, 1.54) is 31.4 Å². The van der Waals surface area contributed by atoms with Gasteiger partial charge >= 0.3 is 0 Å². The number of nitrogens with two attached hydrogens (primary N) is 1. The predicted octanol–water partition coefficient (Wildman–Crippen LogP) is 1.29. The predicted molar refractivity (Wildman–Crippen MR) is 64.7 cm³/mol. The van der Waals surface area contributed by atoms with Crippen LogP contribution in [-0.2, 0) is 13.5 Å². The third-order valence-corrected chi connectivity index (χ3v) is 3.63. The molecule has 1 atom stereocenters. The van der Waals surface area contributed by atoms with Crippen molar-refractivity contribution in [3.05, 3.63) is 17.5 Å². The van der Waals surface area contributed by atoms with E-state index in [0.29, 0.717) is 6.04 Å². The van der Waals surface area contributed by atoms with Crippen molar-refractivity contribution in [1.29, 1.82) is 0 Å². The third kappa shape index (κ3) is 2.62. The molecular formula is C12H22N4. The fourth-order valence-corrected chi connectivity index (χ4v) is 2.45. The van der Waals surface area contributed by atoms with E-state index in [9.17, 15) is 0 Å². The van der Waals surface area contributed by atoms with Gasteiger partial charge in [-0.05, 0) is 25.3 Å². The summed E-state index contributed by atoms with van der Waals surface area (Å²) in [5, 5.41) is 4.36. The summed E-state index contributed by atoms with van der Waals surface area (Å²) >= 11 is 0. The molecule has 0 amide bonds. The summed E-state index contributed by atoms with van der Waals surface area (Å²) in [5.41, 5.74) is 5.29. The Kier molecular flexibility index (Phi) is 3.61. The highest BCUT2D eigenvalue weighted by Gasteiger charge is 2.22. The normalized spacial score (nSPS) is 18.4. The lowest BCUT2D eigenvalue weighted by Crippen LogP contribution is -2.39. The van der Waals surface area contributed by atoms with E-state index >= 15 is 0 Å². The molecule has 2 rings (SSSR count). The van der Waals surface area contributed by atoms with Crippen LogP contribution >= 0.6 is 0 Å². The number of hydrogen-bond acceptors (Lipinski definition) is 3. The lowest BCUT2D eigenvalue weighted by atomic mass is 9.80. The van der Waals surface area contributed by atoms with Crippen molar-refractivity contribution < 1.29 is 0 Å². The Hall–Kier alpha value is -0.870. The van der Waals surface area contributed by atoms with Crippen molar-refractivity contribution >= 4 is 0 Å². The average Bonchev–Trinajstić information content (AvgIpc) is 2.49. The zero-order valence-corrected chi connectivity index (χ0v) is 10.2. The first-order valence-electron chi connectivity index (χ1n) is 6.14. The van der Waals surface area contributed by atoms with Crippen LogP contribution in [0.25, 0.3) is 0 Å². The molecule has 1 fully saturated rings.